The maximum Gasteiger partial charge on any atom is 0.251 e. The van der Waals surface area contributed by atoms with Gasteiger partial charge >= 0.3 is 0 Å². The quantitative estimate of drug-likeness (QED) is 0.208. The van der Waals surface area contributed by atoms with Crippen LogP contribution in [0, 0.1) is 0 Å². The summed E-state index contributed by atoms with van der Waals surface area (Å²) in [5.41, 5.74) is 1.59. The van der Waals surface area contributed by atoms with Crippen LogP contribution in [0.25, 0.3) is 0 Å². The Morgan fingerprint density at radius 1 is 1.07 bits per heavy atom. The number of rotatable bonds is 9. The van der Waals surface area contributed by atoms with E-state index >= 15 is 0 Å². The molecular weight excluding hydrogens is 483 g/mol. The molecule has 0 aliphatic rings. The van der Waals surface area contributed by atoms with Crippen molar-refractivity contribution in [2.75, 3.05) is 33.9 Å². The molecule has 8 heteroatoms. The van der Waals surface area contributed by atoms with E-state index in [0.717, 1.165) is 23.6 Å². The predicted molar refractivity (Wildman–Crippen MR) is 127 cm³/mol. The van der Waals surface area contributed by atoms with Crippen LogP contribution in [0.1, 0.15) is 22.8 Å². The van der Waals surface area contributed by atoms with Crippen molar-refractivity contribution in [2.45, 2.75) is 13.5 Å². The molecule has 0 bridgehead atoms. The number of amides is 1. The van der Waals surface area contributed by atoms with Gasteiger partial charge in [0.25, 0.3) is 5.91 Å². The lowest BCUT2D eigenvalue weighted by atomic mass is 10.1. The molecule has 2 aromatic rings. The number of nitrogens with zero attached hydrogens (tertiary/aromatic N) is 1. The van der Waals surface area contributed by atoms with E-state index in [1.54, 1.807) is 20.2 Å². The number of aliphatic imine (C=N–C) groups is 1. The summed E-state index contributed by atoms with van der Waals surface area (Å²) in [5.74, 6) is 2.18. The monoisotopic (exact) mass is 512 g/mol. The minimum Gasteiger partial charge on any atom is -0.497 e. The molecule has 0 aliphatic heterocycles. The van der Waals surface area contributed by atoms with E-state index in [1.807, 2.05) is 49.4 Å². The number of nitrogens with one attached hydrogen (secondary N) is 3. The Hall–Kier alpha value is -2.49. The van der Waals surface area contributed by atoms with E-state index in [0.29, 0.717) is 31.2 Å². The number of benzene rings is 2. The summed E-state index contributed by atoms with van der Waals surface area (Å²) >= 11 is 0. The van der Waals surface area contributed by atoms with Crippen LogP contribution < -0.4 is 25.4 Å². The lowest BCUT2D eigenvalue weighted by molar-refractivity contribution is 0.0963. The molecule has 0 unspecified atom stereocenters. The number of hydrogen-bond donors (Lipinski definition) is 3. The SMILES string of the molecule is CCNC(=NCc1cccc(C(=O)NC)c1)NCCOc1ccc(OC)cc1.I. The molecule has 0 saturated carbocycles. The molecule has 7 nitrogen and oxygen atoms in total. The van der Waals surface area contributed by atoms with E-state index in [9.17, 15) is 4.79 Å². The highest BCUT2D eigenvalue weighted by molar-refractivity contribution is 14.0. The first-order valence-electron chi connectivity index (χ1n) is 9.26. The predicted octanol–water partition coefficient (Wildman–Crippen LogP) is 2.81. The van der Waals surface area contributed by atoms with Crippen molar-refractivity contribution in [3.63, 3.8) is 0 Å². The summed E-state index contributed by atoms with van der Waals surface area (Å²) < 4.78 is 10.8. The van der Waals surface area contributed by atoms with Crippen molar-refractivity contribution >= 4 is 35.8 Å². The van der Waals surface area contributed by atoms with Crippen LogP contribution >= 0.6 is 24.0 Å². The largest absolute Gasteiger partial charge is 0.497 e. The van der Waals surface area contributed by atoms with Crippen molar-refractivity contribution in [3.05, 3.63) is 59.7 Å². The van der Waals surface area contributed by atoms with Crippen molar-refractivity contribution in [1.29, 1.82) is 0 Å². The zero-order valence-electron chi connectivity index (χ0n) is 17.0. The van der Waals surface area contributed by atoms with Crippen LogP contribution in [0.4, 0.5) is 0 Å². The van der Waals surface area contributed by atoms with E-state index < -0.39 is 0 Å². The van der Waals surface area contributed by atoms with Gasteiger partial charge in [-0.25, -0.2) is 4.99 Å². The first-order chi connectivity index (χ1) is 13.7. The minimum atomic E-state index is -0.105. The van der Waals surface area contributed by atoms with Gasteiger partial charge in [-0.05, 0) is 48.9 Å². The number of carbonyl (C=O) groups is 1. The number of guanidine groups is 1. The summed E-state index contributed by atoms with van der Waals surface area (Å²) in [5, 5.41) is 9.07. The number of carbonyl (C=O) groups excluding carboxylic acids is 1. The number of hydrogen-bond acceptors (Lipinski definition) is 4. The molecule has 0 aliphatic carbocycles. The fourth-order valence-corrected chi connectivity index (χ4v) is 2.48. The summed E-state index contributed by atoms with van der Waals surface area (Å²) in [6.45, 7) is 4.35. The zero-order valence-corrected chi connectivity index (χ0v) is 19.4. The molecule has 158 valence electrons. The molecule has 1 amide bonds. The Morgan fingerprint density at radius 3 is 2.45 bits per heavy atom. The van der Waals surface area contributed by atoms with Gasteiger partial charge in [0.15, 0.2) is 5.96 Å². The molecule has 0 saturated heterocycles. The fourth-order valence-electron chi connectivity index (χ4n) is 2.48. The lowest BCUT2D eigenvalue weighted by Crippen LogP contribution is -2.39. The first kappa shape index (κ1) is 24.5. The Labute approximate surface area is 189 Å². The Kier molecular flexibility index (Phi) is 11.6. The number of methoxy groups -OCH3 is 1. The topological polar surface area (TPSA) is 84.0 Å². The highest BCUT2D eigenvalue weighted by atomic mass is 127. The van der Waals surface area contributed by atoms with Crippen molar-refractivity contribution in [1.82, 2.24) is 16.0 Å². The molecule has 29 heavy (non-hydrogen) atoms. The molecule has 0 spiro atoms. The third-order valence-corrected chi connectivity index (χ3v) is 3.90. The lowest BCUT2D eigenvalue weighted by Gasteiger charge is -2.12. The third kappa shape index (κ3) is 8.59. The summed E-state index contributed by atoms with van der Waals surface area (Å²) in [7, 11) is 3.25. The molecule has 0 aromatic heterocycles. The Balaban J connectivity index is 0.00000420. The third-order valence-electron chi connectivity index (χ3n) is 3.90. The molecule has 2 aromatic carbocycles. The van der Waals surface area contributed by atoms with Gasteiger partial charge in [-0.2, -0.15) is 0 Å². The zero-order chi connectivity index (χ0) is 20.2. The molecule has 0 radical (unpaired) electrons. The van der Waals surface area contributed by atoms with Gasteiger partial charge in [-0.3, -0.25) is 4.79 Å². The van der Waals surface area contributed by atoms with Gasteiger partial charge in [0.1, 0.15) is 18.1 Å². The average molecular weight is 512 g/mol. The van der Waals surface area contributed by atoms with Crippen LogP contribution in [-0.4, -0.2) is 45.7 Å². The van der Waals surface area contributed by atoms with E-state index in [4.69, 9.17) is 9.47 Å². The second-order valence-electron chi connectivity index (χ2n) is 5.93. The standard InChI is InChI=1S/C21H28N4O3.HI/c1-4-23-21(24-12-13-28-19-10-8-18(27-3)9-11-19)25-15-16-6-5-7-17(14-16)20(26)22-2;/h5-11,14H,4,12-13,15H2,1-3H3,(H,22,26)(H2,23,24,25);1H. The van der Waals surface area contributed by atoms with E-state index in [1.165, 1.54) is 0 Å². The minimum absolute atomic E-state index is 0. The van der Waals surface area contributed by atoms with Gasteiger partial charge in [0.2, 0.25) is 0 Å². The van der Waals surface area contributed by atoms with E-state index in [2.05, 4.69) is 20.9 Å². The number of halogens is 1. The number of ether oxygens (including phenoxy) is 2. The van der Waals surface area contributed by atoms with Crippen LogP contribution in [0.2, 0.25) is 0 Å². The molecular formula is C21H29IN4O3. The first-order valence-corrected chi connectivity index (χ1v) is 9.26. The molecule has 2 rings (SSSR count). The fraction of sp³-hybridized carbons (Fsp3) is 0.333. The van der Waals surface area contributed by atoms with Crippen LogP contribution in [0.15, 0.2) is 53.5 Å². The average Bonchev–Trinajstić information content (AvgIpc) is 2.75. The Morgan fingerprint density at radius 2 is 1.79 bits per heavy atom. The normalized spacial score (nSPS) is 10.5. The maximum absolute atomic E-state index is 11.7. The van der Waals surface area contributed by atoms with Crippen molar-refractivity contribution < 1.29 is 14.3 Å². The van der Waals surface area contributed by atoms with Crippen LogP contribution in [0.3, 0.4) is 0 Å². The smallest absolute Gasteiger partial charge is 0.251 e. The van der Waals surface area contributed by atoms with Crippen molar-refractivity contribution in [3.8, 4) is 11.5 Å². The highest BCUT2D eigenvalue weighted by Gasteiger charge is 2.04. The summed E-state index contributed by atoms with van der Waals surface area (Å²) in [6.07, 6.45) is 0. The molecule has 3 N–H and O–H groups in total. The maximum atomic E-state index is 11.7. The summed E-state index contributed by atoms with van der Waals surface area (Å²) in [4.78, 5) is 16.3. The van der Waals surface area contributed by atoms with Gasteiger partial charge in [0.05, 0.1) is 20.2 Å². The Bertz CT molecular complexity index is 782. The van der Waals surface area contributed by atoms with Gasteiger partial charge < -0.3 is 25.4 Å². The van der Waals surface area contributed by atoms with Crippen LogP contribution in [-0.2, 0) is 6.54 Å². The second-order valence-corrected chi connectivity index (χ2v) is 5.93. The second kappa shape index (κ2) is 13.6. The van der Waals surface area contributed by atoms with Gasteiger partial charge in [-0.1, -0.05) is 12.1 Å². The highest BCUT2D eigenvalue weighted by Crippen LogP contribution is 2.16. The van der Waals surface area contributed by atoms with Gasteiger partial charge in [0, 0.05) is 19.2 Å². The molecule has 0 heterocycles. The van der Waals surface area contributed by atoms with Gasteiger partial charge in [-0.15, -0.1) is 24.0 Å². The summed E-state index contributed by atoms with van der Waals surface area (Å²) in [6, 6.07) is 14.9. The van der Waals surface area contributed by atoms with Crippen LogP contribution in [0.5, 0.6) is 11.5 Å². The molecule has 0 fully saturated rings. The van der Waals surface area contributed by atoms with E-state index in [-0.39, 0.29) is 29.9 Å². The molecule has 0 atom stereocenters. The van der Waals surface area contributed by atoms with Crippen molar-refractivity contribution in [2.24, 2.45) is 4.99 Å².